The predicted molar refractivity (Wildman–Crippen MR) is 56.7 cm³/mol. The van der Waals surface area contributed by atoms with Gasteiger partial charge < -0.3 is 5.73 Å². The number of aromatic nitrogens is 1. The van der Waals surface area contributed by atoms with Gasteiger partial charge in [-0.2, -0.15) is 0 Å². The van der Waals surface area contributed by atoms with E-state index in [1.54, 1.807) is 18.0 Å². The number of nitrogen functional groups attached to an aromatic ring is 1. The van der Waals surface area contributed by atoms with Gasteiger partial charge in [-0.3, -0.25) is 0 Å². The molecule has 3 heteroatoms. The van der Waals surface area contributed by atoms with Crippen LogP contribution in [0, 0.1) is 5.92 Å². The molecule has 0 atom stereocenters. The fourth-order valence-electron chi connectivity index (χ4n) is 1.38. The van der Waals surface area contributed by atoms with Crippen molar-refractivity contribution < 1.29 is 0 Å². The molecule has 13 heavy (non-hydrogen) atoms. The monoisotopic (exact) mass is 194 g/mol. The molecule has 0 unspecified atom stereocenters. The molecule has 1 aliphatic rings. The first-order valence-electron chi connectivity index (χ1n) is 4.69. The van der Waals surface area contributed by atoms with Crippen molar-refractivity contribution in [1.29, 1.82) is 0 Å². The van der Waals surface area contributed by atoms with Crippen molar-refractivity contribution in [3.05, 3.63) is 18.3 Å². The molecule has 0 saturated heterocycles. The van der Waals surface area contributed by atoms with Gasteiger partial charge in [-0.15, -0.1) is 11.8 Å². The Bertz CT molecular complexity index is 284. The van der Waals surface area contributed by atoms with Gasteiger partial charge in [0.2, 0.25) is 0 Å². The lowest BCUT2D eigenvalue weighted by Crippen LogP contribution is -2.13. The highest BCUT2D eigenvalue weighted by Crippen LogP contribution is 2.33. The van der Waals surface area contributed by atoms with E-state index in [2.05, 4.69) is 4.98 Å². The third-order valence-corrected chi connectivity index (χ3v) is 3.73. The van der Waals surface area contributed by atoms with E-state index in [4.69, 9.17) is 5.73 Å². The lowest BCUT2D eigenvalue weighted by atomic mass is 9.87. The summed E-state index contributed by atoms with van der Waals surface area (Å²) in [6.45, 7) is 0. The Hall–Kier alpha value is -0.700. The van der Waals surface area contributed by atoms with Gasteiger partial charge in [0.05, 0.1) is 5.69 Å². The Labute approximate surface area is 82.9 Å². The van der Waals surface area contributed by atoms with Crippen molar-refractivity contribution in [3.8, 4) is 0 Å². The molecule has 1 aromatic rings. The molecule has 1 heterocycles. The maximum absolute atomic E-state index is 5.78. The maximum atomic E-state index is 5.78. The number of anilines is 1. The van der Waals surface area contributed by atoms with E-state index in [-0.39, 0.29) is 0 Å². The molecule has 0 spiro atoms. The minimum Gasteiger partial charge on any atom is -0.397 e. The summed E-state index contributed by atoms with van der Waals surface area (Å²) >= 11 is 1.79. The summed E-state index contributed by atoms with van der Waals surface area (Å²) in [7, 11) is 0. The summed E-state index contributed by atoms with van der Waals surface area (Å²) in [6, 6.07) is 3.79. The van der Waals surface area contributed by atoms with Crippen LogP contribution in [0.3, 0.4) is 0 Å². The molecular formula is C10H14N2S. The highest BCUT2D eigenvalue weighted by molar-refractivity contribution is 7.99. The fourth-order valence-corrected chi connectivity index (χ4v) is 2.48. The van der Waals surface area contributed by atoms with Crippen LogP contribution in [0.2, 0.25) is 0 Å². The van der Waals surface area contributed by atoms with Gasteiger partial charge in [0.25, 0.3) is 0 Å². The zero-order valence-electron chi connectivity index (χ0n) is 7.57. The van der Waals surface area contributed by atoms with Gasteiger partial charge in [0, 0.05) is 11.9 Å². The van der Waals surface area contributed by atoms with E-state index in [0.29, 0.717) is 0 Å². The van der Waals surface area contributed by atoms with Crippen LogP contribution in [-0.2, 0) is 0 Å². The minimum absolute atomic E-state index is 0.812. The number of rotatable bonds is 3. The molecule has 1 saturated carbocycles. The van der Waals surface area contributed by atoms with Crippen LogP contribution in [0.25, 0.3) is 0 Å². The zero-order chi connectivity index (χ0) is 9.10. The quantitative estimate of drug-likeness (QED) is 0.752. The van der Waals surface area contributed by atoms with E-state index in [1.165, 1.54) is 25.0 Å². The largest absolute Gasteiger partial charge is 0.397 e. The molecule has 0 bridgehead atoms. The van der Waals surface area contributed by atoms with Gasteiger partial charge >= 0.3 is 0 Å². The van der Waals surface area contributed by atoms with E-state index < -0.39 is 0 Å². The van der Waals surface area contributed by atoms with Crippen LogP contribution in [0.1, 0.15) is 19.3 Å². The Kier molecular flexibility index (Phi) is 2.74. The molecule has 0 amide bonds. The highest BCUT2D eigenvalue weighted by Gasteiger charge is 2.17. The van der Waals surface area contributed by atoms with E-state index in [0.717, 1.165) is 16.6 Å². The van der Waals surface area contributed by atoms with Crippen LogP contribution in [0.5, 0.6) is 0 Å². The Morgan fingerprint density at radius 2 is 2.38 bits per heavy atom. The zero-order valence-corrected chi connectivity index (χ0v) is 8.39. The third-order valence-electron chi connectivity index (χ3n) is 2.48. The topological polar surface area (TPSA) is 38.9 Å². The molecule has 2 nitrogen and oxygen atoms in total. The van der Waals surface area contributed by atoms with E-state index in [9.17, 15) is 0 Å². The van der Waals surface area contributed by atoms with Crippen LogP contribution in [0.4, 0.5) is 5.69 Å². The standard InChI is InChI=1S/C10H14N2S/c11-9-5-2-6-12-10(9)13-7-8-3-1-4-8/h2,5-6,8H,1,3-4,7,11H2. The minimum atomic E-state index is 0.812. The molecular weight excluding hydrogens is 180 g/mol. The number of thioether (sulfide) groups is 1. The molecule has 2 N–H and O–H groups in total. The SMILES string of the molecule is Nc1cccnc1SCC1CCC1. The van der Waals surface area contributed by atoms with Crippen LogP contribution in [0.15, 0.2) is 23.4 Å². The second kappa shape index (κ2) is 4.01. The van der Waals surface area contributed by atoms with E-state index >= 15 is 0 Å². The van der Waals surface area contributed by atoms with Crippen molar-refractivity contribution in [2.45, 2.75) is 24.3 Å². The summed E-state index contributed by atoms with van der Waals surface area (Å²) in [6.07, 6.45) is 5.99. The van der Waals surface area contributed by atoms with Crippen molar-refractivity contribution in [2.24, 2.45) is 5.92 Å². The molecule has 1 aliphatic carbocycles. The number of nitrogens with two attached hydrogens (primary N) is 1. The first-order chi connectivity index (χ1) is 6.36. The molecule has 0 radical (unpaired) electrons. The highest BCUT2D eigenvalue weighted by atomic mass is 32.2. The second-order valence-electron chi connectivity index (χ2n) is 3.51. The van der Waals surface area contributed by atoms with Gasteiger partial charge in [-0.05, 0) is 30.9 Å². The molecule has 2 rings (SSSR count). The van der Waals surface area contributed by atoms with Crippen LogP contribution < -0.4 is 5.73 Å². The summed E-state index contributed by atoms with van der Waals surface area (Å²) < 4.78 is 0. The Morgan fingerprint density at radius 3 is 3.00 bits per heavy atom. The number of pyridine rings is 1. The average Bonchev–Trinajstić information content (AvgIpc) is 2.05. The summed E-state index contributed by atoms with van der Waals surface area (Å²) in [4.78, 5) is 4.25. The molecule has 70 valence electrons. The fraction of sp³-hybridized carbons (Fsp3) is 0.500. The van der Waals surface area contributed by atoms with Crippen molar-refractivity contribution in [3.63, 3.8) is 0 Å². The number of nitrogens with zero attached hydrogens (tertiary/aromatic N) is 1. The van der Waals surface area contributed by atoms with Crippen molar-refractivity contribution in [1.82, 2.24) is 4.98 Å². The summed E-state index contributed by atoms with van der Waals surface area (Å²) in [5.41, 5.74) is 6.59. The van der Waals surface area contributed by atoms with Crippen molar-refractivity contribution >= 4 is 17.4 Å². The third kappa shape index (κ3) is 2.15. The maximum Gasteiger partial charge on any atom is 0.119 e. The Morgan fingerprint density at radius 1 is 1.54 bits per heavy atom. The lowest BCUT2D eigenvalue weighted by Gasteiger charge is -2.24. The van der Waals surface area contributed by atoms with Gasteiger partial charge in [0.1, 0.15) is 5.03 Å². The van der Waals surface area contributed by atoms with E-state index in [1.807, 2.05) is 12.1 Å². The average molecular weight is 194 g/mol. The first kappa shape index (κ1) is 8.88. The summed E-state index contributed by atoms with van der Waals surface area (Å²) in [5.74, 6) is 2.09. The number of hydrogen-bond donors (Lipinski definition) is 1. The molecule has 1 aromatic heterocycles. The summed E-state index contributed by atoms with van der Waals surface area (Å²) in [5, 5.41) is 0.995. The lowest BCUT2D eigenvalue weighted by molar-refractivity contribution is 0.353. The normalized spacial score (nSPS) is 16.9. The Balaban J connectivity index is 1.89. The van der Waals surface area contributed by atoms with Gasteiger partial charge in [-0.25, -0.2) is 4.98 Å². The predicted octanol–water partition coefficient (Wildman–Crippen LogP) is 2.56. The molecule has 1 fully saturated rings. The second-order valence-corrected chi connectivity index (χ2v) is 4.51. The smallest absolute Gasteiger partial charge is 0.119 e. The molecule has 0 aromatic carbocycles. The van der Waals surface area contributed by atoms with Crippen LogP contribution in [-0.4, -0.2) is 10.7 Å². The van der Waals surface area contributed by atoms with Crippen molar-refractivity contribution in [2.75, 3.05) is 11.5 Å². The first-order valence-corrected chi connectivity index (χ1v) is 5.68. The molecule has 0 aliphatic heterocycles. The van der Waals surface area contributed by atoms with Gasteiger partial charge in [0.15, 0.2) is 0 Å². The number of hydrogen-bond acceptors (Lipinski definition) is 3. The van der Waals surface area contributed by atoms with Gasteiger partial charge in [-0.1, -0.05) is 6.42 Å². The van der Waals surface area contributed by atoms with Crippen LogP contribution >= 0.6 is 11.8 Å².